The molecule has 0 bridgehead atoms. The number of hydrogen-bond acceptors (Lipinski definition) is 0. The molecule has 2 aromatic rings. The summed E-state index contributed by atoms with van der Waals surface area (Å²) in [6.07, 6.45) is 10.6. The van der Waals surface area contributed by atoms with Crippen LogP contribution in [0.2, 0.25) is 0 Å². The van der Waals surface area contributed by atoms with E-state index in [1.165, 1.54) is 61.6 Å². The highest BCUT2D eigenvalue weighted by Gasteiger charge is 2.18. The van der Waals surface area contributed by atoms with Crippen molar-refractivity contribution in [1.82, 2.24) is 0 Å². The van der Waals surface area contributed by atoms with Crippen LogP contribution in [0.4, 0.5) is 0 Å². The predicted molar refractivity (Wildman–Crippen MR) is 101 cm³/mol. The molecule has 0 amide bonds. The molecule has 1 unspecified atom stereocenters. The van der Waals surface area contributed by atoms with Crippen LogP contribution in [0.1, 0.15) is 62.6 Å². The van der Waals surface area contributed by atoms with Crippen molar-refractivity contribution in [3.63, 3.8) is 0 Å². The van der Waals surface area contributed by atoms with Crippen molar-refractivity contribution in [2.24, 2.45) is 5.92 Å². The Labute approximate surface area is 141 Å². The minimum atomic E-state index is 0.920. The van der Waals surface area contributed by atoms with Crippen LogP contribution < -0.4 is 0 Å². The third-order valence-electron chi connectivity index (χ3n) is 5.45. The van der Waals surface area contributed by atoms with Gasteiger partial charge >= 0.3 is 0 Å². The molecular weight excluding hydrogens is 276 g/mol. The molecule has 122 valence electrons. The van der Waals surface area contributed by atoms with Gasteiger partial charge in [-0.1, -0.05) is 82.0 Å². The molecule has 1 aliphatic rings. The lowest BCUT2D eigenvalue weighted by atomic mass is 9.80. The quantitative estimate of drug-likeness (QED) is 0.527. The van der Waals surface area contributed by atoms with Gasteiger partial charge in [0.1, 0.15) is 0 Å². The smallest absolute Gasteiger partial charge is 0.0181 e. The summed E-state index contributed by atoms with van der Waals surface area (Å²) >= 11 is 0. The zero-order valence-electron chi connectivity index (χ0n) is 14.8. The number of aryl methyl sites for hydroxylation is 2. The van der Waals surface area contributed by atoms with E-state index in [1.807, 2.05) is 0 Å². The van der Waals surface area contributed by atoms with Gasteiger partial charge in [0.15, 0.2) is 0 Å². The van der Waals surface area contributed by atoms with E-state index in [-0.39, 0.29) is 0 Å². The fourth-order valence-corrected chi connectivity index (χ4v) is 3.87. The van der Waals surface area contributed by atoms with E-state index in [4.69, 9.17) is 0 Å². The normalized spacial score (nSPS) is 17.0. The Balaban J connectivity index is 1.71. The predicted octanol–water partition coefficient (Wildman–Crippen LogP) is 6.60. The maximum Gasteiger partial charge on any atom is -0.0181 e. The molecule has 3 rings (SSSR count). The summed E-state index contributed by atoms with van der Waals surface area (Å²) in [5, 5.41) is 0. The summed E-state index contributed by atoms with van der Waals surface area (Å²) in [4.78, 5) is 0. The molecule has 0 fully saturated rings. The molecule has 0 N–H and O–H groups in total. The second-order valence-corrected chi connectivity index (χ2v) is 7.14. The van der Waals surface area contributed by atoms with Gasteiger partial charge in [-0.25, -0.2) is 0 Å². The van der Waals surface area contributed by atoms with Crippen LogP contribution in [0.3, 0.4) is 0 Å². The molecule has 0 aromatic heterocycles. The highest BCUT2D eigenvalue weighted by atomic mass is 14.2. The number of unbranched alkanes of at least 4 members (excludes halogenated alkanes) is 2. The van der Waals surface area contributed by atoms with Gasteiger partial charge in [-0.3, -0.25) is 0 Å². The number of benzene rings is 2. The summed E-state index contributed by atoms with van der Waals surface area (Å²) in [6, 6.07) is 16.2. The monoisotopic (exact) mass is 306 g/mol. The molecule has 23 heavy (non-hydrogen) atoms. The second kappa shape index (κ2) is 7.81. The topological polar surface area (TPSA) is 0 Å². The molecule has 2 aromatic carbocycles. The largest absolute Gasteiger partial charge is 0.0654 e. The van der Waals surface area contributed by atoms with Gasteiger partial charge < -0.3 is 0 Å². The third kappa shape index (κ3) is 4.05. The average molecular weight is 306 g/mol. The summed E-state index contributed by atoms with van der Waals surface area (Å²) in [5.74, 6) is 0.920. The van der Waals surface area contributed by atoms with Crippen molar-refractivity contribution in [2.45, 2.75) is 65.2 Å². The standard InChI is InChI=1S/C23H30/c1-3-5-6-7-19-10-13-23-17-22(15-14-21(23)16-19)20-11-8-18(4-2)9-12-20/h8-9,11-12,14-15,17,19H,3-7,10,13,16H2,1-2H3. The van der Waals surface area contributed by atoms with Crippen LogP contribution in [0.25, 0.3) is 11.1 Å². The summed E-state index contributed by atoms with van der Waals surface area (Å²) in [5.41, 5.74) is 7.35. The van der Waals surface area contributed by atoms with Crippen molar-refractivity contribution < 1.29 is 0 Å². The van der Waals surface area contributed by atoms with Gasteiger partial charge in [0.05, 0.1) is 0 Å². The first-order chi connectivity index (χ1) is 11.3. The van der Waals surface area contributed by atoms with Gasteiger partial charge in [0, 0.05) is 0 Å². The maximum atomic E-state index is 2.44. The zero-order chi connectivity index (χ0) is 16.1. The molecule has 1 aliphatic carbocycles. The molecular formula is C23H30. The fraction of sp³-hybridized carbons (Fsp3) is 0.478. The number of fused-ring (bicyclic) bond motifs is 1. The first kappa shape index (κ1) is 16.3. The van der Waals surface area contributed by atoms with E-state index in [1.54, 1.807) is 11.1 Å². The second-order valence-electron chi connectivity index (χ2n) is 7.14. The minimum Gasteiger partial charge on any atom is -0.0654 e. The van der Waals surface area contributed by atoms with Crippen LogP contribution in [0.15, 0.2) is 42.5 Å². The molecule has 0 saturated heterocycles. The van der Waals surface area contributed by atoms with Crippen molar-refractivity contribution in [2.75, 3.05) is 0 Å². The van der Waals surface area contributed by atoms with E-state index in [9.17, 15) is 0 Å². The van der Waals surface area contributed by atoms with Gasteiger partial charge in [-0.05, 0) is 59.4 Å². The Morgan fingerprint density at radius 3 is 2.39 bits per heavy atom. The Morgan fingerprint density at radius 2 is 1.65 bits per heavy atom. The van der Waals surface area contributed by atoms with E-state index in [2.05, 4.69) is 56.3 Å². The lowest BCUT2D eigenvalue weighted by molar-refractivity contribution is 0.408. The van der Waals surface area contributed by atoms with Crippen LogP contribution >= 0.6 is 0 Å². The fourth-order valence-electron chi connectivity index (χ4n) is 3.87. The Bertz CT molecular complexity index is 621. The van der Waals surface area contributed by atoms with Crippen molar-refractivity contribution in [1.29, 1.82) is 0 Å². The molecule has 0 radical (unpaired) electrons. The van der Waals surface area contributed by atoms with Crippen LogP contribution in [0.5, 0.6) is 0 Å². The van der Waals surface area contributed by atoms with Crippen molar-refractivity contribution >= 4 is 0 Å². The summed E-state index contributed by atoms with van der Waals surface area (Å²) < 4.78 is 0. The Morgan fingerprint density at radius 1 is 0.870 bits per heavy atom. The molecule has 0 aliphatic heterocycles. The van der Waals surface area contributed by atoms with Gasteiger partial charge in [0.2, 0.25) is 0 Å². The lowest BCUT2D eigenvalue weighted by Gasteiger charge is -2.25. The van der Waals surface area contributed by atoms with E-state index >= 15 is 0 Å². The molecule has 0 heteroatoms. The van der Waals surface area contributed by atoms with E-state index in [0.29, 0.717) is 0 Å². The number of rotatable bonds is 6. The van der Waals surface area contributed by atoms with E-state index < -0.39 is 0 Å². The van der Waals surface area contributed by atoms with E-state index in [0.717, 1.165) is 12.3 Å². The Kier molecular flexibility index (Phi) is 5.54. The molecule has 0 nitrogen and oxygen atoms in total. The zero-order valence-corrected chi connectivity index (χ0v) is 14.8. The number of hydrogen-bond donors (Lipinski definition) is 0. The van der Waals surface area contributed by atoms with Gasteiger partial charge in [-0.2, -0.15) is 0 Å². The van der Waals surface area contributed by atoms with Gasteiger partial charge in [-0.15, -0.1) is 0 Å². The minimum absolute atomic E-state index is 0.920. The first-order valence-electron chi connectivity index (χ1n) is 9.51. The van der Waals surface area contributed by atoms with Crippen LogP contribution in [-0.4, -0.2) is 0 Å². The lowest BCUT2D eigenvalue weighted by Crippen LogP contribution is -2.14. The SMILES string of the molecule is CCCCCC1CCc2cc(-c3ccc(CC)cc3)ccc2C1. The maximum absolute atomic E-state index is 2.44. The first-order valence-corrected chi connectivity index (χ1v) is 9.51. The Hall–Kier alpha value is -1.56. The van der Waals surface area contributed by atoms with Crippen LogP contribution in [0, 0.1) is 5.92 Å². The molecule has 1 atom stereocenters. The highest BCUT2D eigenvalue weighted by Crippen LogP contribution is 2.32. The summed E-state index contributed by atoms with van der Waals surface area (Å²) in [7, 11) is 0. The summed E-state index contributed by atoms with van der Waals surface area (Å²) in [6.45, 7) is 4.51. The molecule has 0 saturated carbocycles. The average Bonchev–Trinajstić information content (AvgIpc) is 2.61. The highest BCUT2D eigenvalue weighted by molar-refractivity contribution is 5.65. The van der Waals surface area contributed by atoms with Gasteiger partial charge in [0.25, 0.3) is 0 Å². The molecule has 0 spiro atoms. The van der Waals surface area contributed by atoms with Crippen molar-refractivity contribution in [3.8, 4) is 11.1 Å². The van der Waals surface area contributed by atoms with Crippen LogP contribution in [-0.2, 0) is 19.3 Å². The molecule has 0 heterocycles. The van der Waals surface area contributed by atoms with Crippen molar-refractivity contribution in [3.05, 3.63) is 59.2 Å². The third-order valence-corrected chi connectivity index (χ3v) is 5.45.